The first-order valence-electron chi connectivity index (χ1n) is 7.67. The van der Waals surface area contributed by atoms with Crippen LogP contribution in [0, 0.1) is 18.3 Å². The molecule has 1 fully saturated rings. The highest BCUT2D eigenvalue weighted by molar-refractivity contribution is 5.96. The van der Waals surface area contributed by atoms with E-state index in [1.807, 2.05) is 30.3 Å². The molecule has 2 aromatic rings. The van der Waals surface area contributed by atoms with E-state index in [-0.39, 0.29) is 24.3 Å². The minimum atomic E-state index is -0.590. The van der Waals surface area contributed by atoms with Gasteiger partial charge in [-0.05, 0) is 31.0 Å². The Morgan fingerprint density at radius 3 is 2.92 bits per heavy atom. The number of hydrogen-bond donors (Lipinski definition) is 1. The van der Waals surface area contributed by atoms with Gasteiger partial charge in [0.2, 0.25) is 5.76 Å². The molecule has 0 bridgehead atoms. The summed E-state index contributed by atoms with van der Waals surface area (Å²) in [4.78, 5) is 14.5. The number of rotatable bonds is 3. The van der Waals surface area contributed by atoms with Gasteiger partial charge >= 0.3 is 0 Å². The number of amides is 1. The molecule has 1 aliphatic rings. The Balaban J connectivity index is 1.94. The molecule has 2 heterocycles. The van der Waals surface area contributed by atoms with Crippen molar-refractivity contribution in [1.82, 2.24) is 4.90 Å². The molecule has 3 rings (SSSR count). The van der Waals surface area contributed by atoms with Gasteiger partial charge in [-0.3, -0.25) is 4.79 Å². The number of aliphatic hydroxyl groups excluding tert-OH is 1. The summed E-state index contributed by atoms with van der Waals surface area (Å²) in [5.74, 6) is 0.963. The number of carbonyl (C=O) groups excluding carboxylic acids is 1. The van der Waals surface area contributed by atoms with Crippen molar-refractivity contribution in [3.8, 4) is 11.8 Å². The molecular formula is C18H18N2O4. The topological polar surface area (TPSA) is 86.7 Å². The van der Waals surface area contributed by atoms with E-state index in [1.165, 1.54) is 6.07 Å². The normalized spacial score (nSPS) is 20.0. The van der Waals surface area contributed by atoms with E-state index in [0.29, 0.717) is 23.5 Å². The Morgan fingerprint density at radius 1 is 1.46 bits per heavy atom. The molecule has 2 atom stereocenters. The van der Waals surface area contributed by atoms with Crippen molar-refractivity contribution in [2.45, 2.75) is 25.5 Å². The summed E-state index contributed by atoms with van der Waals surface area (Å²) in [6.45, 7) is 1.90. The van der Waals surface area contributed by atoms with Gasteiger partial charge in [0.05, 0.1) is 24.8 Å². The predicted molar refractivity (Wildman–Crippen MR) is 85.6 cm³/mol. The third kappa shape index (κ3) is 2.86. The Morgan fingerprint density at radius 2 is 2.25 bits per heavy atom. The average Bonchev–Trinajstić information content (AvgIpc) is 3.17. The molecule has 1 aromatic carbocycles. The smallest absolute Gasteiger partial charge is 0.258 e. The van der Waals surface area contributed by atoms with E-state index < -0.39 is 6.10 Å². The molecule has 1 amide bonds. The van der Waals surface area contributed by atoms with Crippen LogP contribution in [-0.4, -0.2) is 35.7 Å². The second-order valence-corrected chi connectivity index (χ2v) is 5.83. The molecule has 1 aliphatic heterocycles. The average molecular weight is 326 g/mol. The molecule has 6 heteroatoms. The number of methoxy groups -OCH3 is 1. The molecule has 2 unspecified atom stereocenters. The molecule has 1 aromatic heterocycles. The van der Waals surface area contributed by atoms with Crippen LogP contribution >= 0.6 is 0 Å². The minimum absolute atomic E-state index is 0.105. The van der Waals surface area contributed by atoms with Crippen LogP contribution in [0.1, 0.15) is 39.9 Å². The van der Waals surface area contributed by atoms with Crippen LogP contribution in [-0.2, 0) is 0 Å². The molecule has 24 heavy (non-hydrogen) atoms. The summed E-state index contributed by atoms with van der Waals surface area (Å²) < 4.78 is 10.5. The fourth-order valence-electron chi connectivity index (χ4n) is 3.11. The number of β-amino-alcohol motifs (C(OH)–C–C–N with tert-alkyl or cyclic N) is 1. The lowest BCUT2D eigenvalue weighted by Gasteiger charge is -2.24. The molecular weight excluding hydrogens is 308 g/mol. The van der Waals surface area contributed by atoms with Crippen LogP contribution in [0.25, 0.3) is 0 Å². The van der Waals surface area contributed by atoms with Crippen molar-refractivity contribution < 1.29 is 19.1 Å². The molecule has 0 radical (unpaired) electrons. The largest absolute Gasteiger partial charge is 0.497 e. The highest BCUT2D eigenvalue weighted by Crippen LogP contribution is 2.35. The fourth-order valence-corrected chi connectivity index (χ4v) is 3.11. The summed E-state index contributed by atoms with van der Waals surface area (Å²) in [6, 6.07) is 10.6. The van der Waals surface area contributed by atoms with Crippen LogP contribution in [0.5, 0.6) is 5.75 Å². The standard InChI is InChI=1S/C18H18N2O4/c1-11-16(8-15(9-19)24-11)18(22)20-10-13(21)7-17(20)12-4-3-5-14(6-12)23-2/h3-6,8,13,17,21H,7,10H2,1-2H3. The van der Waals surface area contributed by atoms with Gasteiger partial charge in [0, 0.05) is 12.6 Å². The van der Waals surface area contributed by atoms with E-state index in [1.54, 1.807) is 18.9 Å². The number of furan rings is 1. The lowest BCUT2D eigenvalue weighted by molar-refractivity contribution is 0.0714. The van der Waals surface area contributed by atoms with E-state index in [4.69, 9.17) is 14.4 Å². The number of aryl methyl sites for hydroxylation is 1. The number of nitrogens with zero attached hydrogens (tertiary/aromatic N) is 2. The molecule has 124 valence electrons. The lowest BCUT2D eigenvalue weighted by atomic mass is 10.0. The van der Waals surface area contributed by atoms with Crippen molar-refractivity contribution in [1.29, 1.82) is 5.26 Å². The zero-order valence-corrected chi connectivity index (χ0v) is 13.5. The zero-order valence-electron chi connectivity index (χ0n) is 13.5. The molecule has 1 N–H and O–H groups in total. The Kier molecular flexibility index (Phi) is 4.28. The van der Waals surface area contributed by atoms with Crippen molar-refractivity contribution in [3.63, 3.8) is 0 Å². The second kappa shape index (κ2) is 6.38. The van der Waals surface area contributed by atoms with E-state index in [9.17, 15) is 9.90 Å². The predicted octanol–water partition coefficient (Wildman–Crippen LogP) is 2.42. The van der Waals surface area contributed by atoms with Crippen LogP contribution in [0.2, 0.25) is 0 Å². The summed E-state index contributed by atoms with van der Waals surface area (Å²) in [5.41, 5.74) is 1.26. The van der Waals surface area contributed by atoms with Crippen LogP contribution in [0.4, 0.5) is 0 Å². The first-order valence-corrected chi connectivity index (χ1v) is 7.67. The first kappa shape index (κ1) is 16.1. The number of aliphatic hydroxyl groups is 1. The maximum absolute atomic E-state index is 12.9. The highest BCUT2D eigenvalue weighted by Gasteiger charge is 2.37. The first-order chi connectivity index (χ1) is 11.5. The fraction of sp³-hybridized carbons (Fsp3) is 0.333. The number of likely N-dealkylation sites (tertiary alicyclic amines) is 1. The van der Waals surface area contributed by atoms with E-state index in [2.05, 4.69) is 0 Å². The van der Waals surface area contributed by atoms with E-state index in [0.717, 1.165) is 5.56 Å². The molecule has 0 saturated carbocycles. The highest BCUT2D eigenvalue weighted by atomic mass is 16.5. The maximum atomic E-state index is 12.9. The van der Waals surface area contributed by atoms with Gasteiger partial charge in [-0.2, -0.15) is 5.26 Å². The van der Waals surface area contributed by atoms with Crippen molar-refractivity contribution in [2.24, 2.45) is 0 Å². The van der Waals surface area contributed by atoms with Gasteiger partial charge in [-0.25, -0.2) is 0 Å². The van der Waals surface area contributed by atoms with Gasteiger partial charge in [0.25, 0.3) is 5.91 Å². The van der Waals surface area contributed by atoms with Crippen LogP contribution in [0.15, 0.2) is 34.7 Å². The summed E-state index contributed by atoms with van der Waals surface area (Å²) in [7, 11) is 1.59. The van der Waals surface area contributed by atoms with E-state index >= 15 is 0 Å². The van der Waals surface area contributed by atoms with Gasteiger partial charge < -0.3 is 19.2 Å². The lowest BCUT2D eigenvalue weighted by Crippen LogP contribution is -2.32. The van der Waals surface area contributed by atoms with Crippen LogP contribution < -0.4 is 4.74 Å². The quantitative estimate of drug-likeness (QED) is 0.936. The second-order valence-electron chi connectivity index (χ2n) is 5.83. The van der Waals surface area contributed by atoms with Gasteiger partial charge in [0.1, 0.15) is 17.6 Å². The Labute approximate surface area is 139 Å². The Bertz CT molecular complexity index is 806. The molecule has 0 aliphatic carbocycles. The third-order valence-electron chi connectivity index (χ3n) is 4.28. The number of ether oxygens (including phenoxy) is 1. The minimum Gasteiger partial charge on any atom is -0.497 e. The molecule has 0 spiro atoms. The van der Waals surface area contributed by atoms with Gasteiger partial charge in [-0.1, -0.05) is 12.1 Å². The number of hydrogen-bond acceptors (Lipinski definition) is 5. The number of nitriles is 1. The van der Waals surface area contributed by atoms with Crippen molar-refractivity contribution >= 4 is 5.91 Å². The number of carbonyl (C=O) groups is 1. The number of benzene rings is 1. The van der Waals surface area contributed by atoms with Crippen molar-refractivity contribution in [2.75, 3.05) is 13.7 Å². The molecule has 6 nitrogen and oxygen atoms in total. The van der Waals surface area contributed by atoms with Gasteiger partial charge in [0.15, 0.2) is 0 Å². The zero-order chi connectivity index (χ0) is 17.3. The summed E-state index contributed by atoms with van der Waals surface area (Å²) >= 11 is 0. The summed E-state index contributed by atoms with van der Waals surface area (Å²) in [6.07, 6.45) is -0.131. The summed E-state index contributed by atoms with van der Waals surface area (Å²) in [5, 5.41) is 19.0. The molecule has 1 saturated heterocycles. The Hall–Kier alpha value is -2.78. The maximum Gasteiger partial charge on any atom is 0.258 e. The van der Waals surface area contributed by atoms with Crippen molar-refractivity contribution in [3.05, 3.63) is 53.0 Å². The third-order valence-corrected chi connectivity index (χ3v) is 4.28. The van der Waals surface area contributed by atoms with Crippen LogP contribution in [0.3, 0.4) is 0 Å². The SMILES string of the molecule is COc1cccc(C2CC(O)CN2C(=O)c2cc(C#N)oc2C)c1. The monoisotopic (exact) mass is 326 g/mol. The van der Waals surface area contributed by atoms with Gasteiger partial charge in [-0.15, -0.1) is 0 Å².